The van der Waals surface area contributed by atoms with Crippen molar-refractivity contribution in [2.75, 3.05) is 5.32 Å². The Hall–Kier alpha value is -2.16. The molecule has 3 heteroatoms. The SMILES string of the molecule is Cc1cnccc1C(=O)Nc1ccccc1C(C)(C)C. The third-order valence-electron chi connectivity index (χ3n) is 3.25. The van der Waals surface area contributed by atoms with Crippen LogP contribution in [0.5, 0.6) is 0 Å². The molecule has 2 rings (SSSR count). The summed E-state index contributed by atoms with van der Waals surface area (Å²) in [7, 11) is 0. The van der Waals surface area contributed by atoms with Crippen molar-refractivity contribution in [1.82, 2.24) is 4.98 Å². The number of hydrogen-bond acceptors (Lipinski definition) is 2. The summed E-state index contributed by atoms with van der Waals surface area (Å²) < 4.78 is 0. The van der Waals surface area contributed by atoms with E-state index < -0.39 is 0 Å². The first-order chi connectivity index (χ1) is 9.39. The molecule has 0 fully saturated rings. The monoisotopic (exact) mass is 268 g/mol. The molecule has 0 unspecified atom stereocenters. The first-order valence-electron chi connectivity index (χ1n) is 6.71. The highest BCUT2D eigenvalue weighted by molar-refractivity contribution is 6.05. The maximum atomic E-state index is 12.4. The molecule has 0 aliphatic rings. The van der Waals surface area contributed by atoms with Crippen molar-refractivity contribution in [2.24, 2.45) is 0 Å². The number of hydrogen-bond donors (Lipinski definition) is 1. The molecule has 0 aliphatic heterocycles. The third kappa shape index (κ3) is 3.05. The van der Waals surface area contributed by atoms with Crippen molar-refractivity contribution in [3.8, 4) is 0 Å². The van der Waals surface area contributed by atoms with Gasteiger partial charge in [0.05, 0.1) is 0 Å². The maximum absolute atomic E-state index is 12.4. The highest BCUT2D eigenvalue weighted by atomic mass is 16.1. The molecule has 0 radical (unpaired) electrons. The fourth-order valence-electron chi connectivity index (χ4n) is 2.16. The fourth-order valence-corrected chi connectivity index (χ4v) is 2.16. The van der Waals surface area contributed by atoms with E-state index in [1.807, 2.05) is 25.1 Å². The van der Waals surface area contributed by atoms with Crippen molar-refractivity contribution in [1.29, 1.82) is 0 Å². The minimum atomic E-state index is -0.0957. The number of rotatable bonds is 2. The highest BCUT2D eigenvalue weighted by Gasteiger charge is 2.19. The average molecular weight is 268 g/mol. The number of nitrogens with one attached hydrogen (secondary N) is 1. The van der Waals surface area contributed by atoms with E-state index >= 15 is 0 Å². The van der Waals surface area contributed by atoms with Crippen LogP contribution in [0.4, 0.5) is 5.69 Å². The molecule has 104 valence electrons. The zero-order valence-electron chi connectivity index (χ0n) is 12.4. The van der Waals surface area contributed by atoms with Crippen LogP contribution >= 0.6 is 0 Å². The Bertz CT molecular complexity index is 627. The molecule has 1 heterocycles. The number of nitrogens with zero attached hydrogens (tertiary/aromatic N) is 1. The van der Waals surface area contributed by atoms with Gasteiger partial charge in [0.2, 0.25) is 0 Å². The van der Waals surface area contributed by atoms with Gasteiger partial charge in [-0.15, -0.1) is 0 Å². The molecule has 1 aromatic carbocycles. The molecule has 3 nitrogen and oxygen atoms in total. The first kappa shape index (κ1) is 14.3. The molecule has 0 spiro atoms. The van der Waals surface area contributed by atoms with Crippen molar-refractivity contribution in [3.63, 3.8) is 0 Å². The van der Waals surface area contributed by atoms with Gasteiger partial charge in [-0.1, -0.05) is 39.0 Å². The molecule has 1 amide bonds. The number of amides is 1. The van der Waals surface area contributed by atoms with Gasteiger partial charge in [-0.2, -0.15) is 0 Å². The normalized spacial score (nSPS) is 11.2. The van der Waals surface area contributed by atoms with Gasteiger partial charge in [-0.25, -0.2) is 0 Å². The van der Waals surface area contributed by atoms with Crippen LogP contribution < -0.4 is 5.32 Å². The number of aromatic nitrogens is 1. The van der Waals surface area contributed by atoms with E-state index in [9.17, 15) is 4.79 Å². The van der Waals surface area contributed by atoms with Crippen molar-refractivity contribution in [2.45, 2.75) is 33.1 Å². The molecule has 0 saturated heterocycles. The molecular weight excluding hydrogens is 248 g/mol. The summed E-state index contributed by atoms with van der Waals surface area (Å²) in [6.07, 6.45) is 3.34. The number of carbonyl (C=O) groups is 1. The highest BCUT2D eigenvalue weighted by Crippen LogP contribution is 2.29. The van der Waals surface area contributed by atoms with E-state index in [1.165, 1.54) is 0 Å². The number of carbonyl (C=O) groups excluding carboxylic acids is 1. The van der Waals surface area contributed by atoms with Gasteiger partial charge in [0.25, 0.3) is 5.91 Å². The first-order valence-corrected chi connectivity index (χ1v) is 6.71. The minimum absolute atomic E-state index is 0.0167. The lowest BCUT2D eigenvalue weighted by molar-refractivity contribution is 0.102. The smallest absolute Gasteiger partial charge is 0.256 e. The average Bonchev–Trinajstić information content (AvgIpc) is 2.38. The molecule has 0 atom stereocenters. The summed E-state index contributed by atoms with van der Waals surface area (Å²) in [4.78, 5) is 16.4. The van der Waals surface area contributed by atoms with Gasteiger partial charge in [0.1, 0.15) is 0 Å². The van der Waals surface area contributed by atoms with Crippen LogP contribution in [-0.2, 0) is 5.41 Å². The van der Waals surface area contributed by atoms with E-state index in [0.717, 1.165) is 16.8 Å². The van der Waals surface area contributed by atoms with Gasteiger partial charge in [-0.3, -0.25) is 9.78 Å². The van der Waals surface area contributed by atoms with Crippen LogP contribution in [0.15, 0.2) is 42.7 Å². The van der Waals surface area contributed by atoms with Crippen LogP contribution in [0.2, 0.25) is 0 Å². The standard InChI is InChI=1S/C17H20N2O/c1-12-11-18-10-9-13(12)16(20)19-15-8-6-5-7-14(15)17(2,3)4/h5-11H,1-4H3,(H,19,20). The topological polar surface area (TPSA) is 42.0 Å². The number of para-hydroxylation sites is 1. The van der Waals surface area contributed by atoms with Gasteiger partial charge < -0.3 is 5.32 Å². The Morgan fingerprint density at radius 3 is 2.50 bits per heavy atom. The van der Waals surface area contributed by atoms with Crippen LogP contribution in [0, 0.1) is 6.92 Å². The van der Waals surface area contributed by atoms with E-state index in [-0.39, 0.29) is 11.3 Å². The van der Waals surface area contributed by atoms with Gasteiger partial charge >= 0.3 is 0 Å². The minimum Gasteiger partial charge on any atom is -0.322 e. The molecule has 0 bridgehead atoms. The zero-order valence-corrected chi connectivity index (χ0v) is 12.4. The lowest BCUT2D eigenvalue weighted by Crippen LogP contribution is -2.19. The van der Waals surface area contributed by atoms with E-state index in [4.69, 9.17) is 0 Å². The summed E-state index contributed by atoms with van der Waals surface area (Å²) in [5.41, 5.74) is 3.50. The summed E-state index contributed by atoms with van der Waals surface area (Å²) in [5, 5.41) is 3.01. The van der Waals surface area contributed by atoms with E-state index in [1.54, 1.807) is 18.5 Å². The summed E-state index contributed by atoms with van der Waals surface area (Å²) in [6.45, 7) is 8.29. The number of aryl methyl sites for hydroxylation is 1. The van der Waals surface area contributed by atoms with Crippen LogP contribution in [0.3, 0.4) is 0 Å². The summed E-state index contributed by atoms with van der Waals surface area (Å²) in [6, 6.07) is 9.66. The van der Waals surface area contributed by atoms with Crippen LogP contribution in [-0.4, -0.2) is 10.9 Å². The van der Waals surface area contributed by atoms with Crippen molar-refractivity contribution < 1.29 is 4.79 Å². The Balaban J connectivity index is 2.32. The molecule has 1 N–H and O–H groups in total. The molecule has 2 aromatic rings. The molecule has 20 heavy (non-hydrogen) atoms. The van der Waals surface area contributed by atoms with Crippen molar-refractivity contribution >= 4 is 11.6 Å². The van der Waals surface area contributed by atoms with E-state index in [0.29, 0.717) is 5.56 Å². The molecule has 0 saturated carbocycles. The molecule has 0 aliphatic carbocycles. The Kier molecular flexibility index (Phi) is 3.89. The maximum Gasteiger partial charge on any atom is 0.256 e. The lowest BCUT2D eigenvalue weighted by Gasteiger charge is -2.23. The van der Waals surface area contributed by atoms with Crippen molar-refractivity contribution in [3.05, 3.63) is 59.4 Å². The Morgan fingerprint density at radius 1 is 1.15 bits per heavy atom. The predicted molar refractivity (Wildman–Crippen MR) is 82.1 cm³/mol. The van der Waals surface area contributed by atoms with Gasteiger partial charge in [0, 0.05) is 23.6 Å². The second-order valence-corrected chi connectivity index (χ2v) is 5.94. The predicted octanol–water partition coefficient (Wildman–Crippen LogP) is 3.94. The van der Waals surface area contributed by atoms with E-state index in [2.05, 4.69) is 37.1 Å². The Morgan fingerprint density at radius 2 is 1.85 bits per heavy atom. The van der Waals surface area contributed by atoms with Crippen LogP contribution in [0.1, 0.15) is 42.3 Å². The molecular formula is C17H20N2O. The quantitative estimate of drug-likeness (QED) is 0.896. The van der Waals surface area contributed by atoms with Crippen LogP contribution in [0.25, 0.3) is 0 Å². The largest absolute Gasteiger partial charge is 0.322 e. The van der Waals surface area contributed by atoms with Gasteiger partial charge in [0.15, 0.2) is 0 Å². The lowest BCUT2D eigenvalue weighted by atomic mass is 9.86. The number of anilines is 1. The zero-order chi connectivity index (χ0) is 14.8. The Labute approximate surface area is 120 Å². The third-order valence-corrected chi connectivity index (χ3v) is 3.25. The van der Waals surface area contributed by atoms with Gasteiger partial charge in [-0.05, 0) is 35.6 Å². The molecule has 1 aromatic heterocycles. The summed E-state index contributed by atoms with van der Waals surface area (Å²) in [5.74, 6) is -0.0957. The fraction of sp³-hybridized carbons (Fsp3) is 0.294. The summed E-state index contributed by atoms with van der Waals surface area (Å²) >= 11 is 0. The second kappa shape index (κ2) is 5.45. The number of benzene rings is 1. The number of pyridine rings is 1. The second-order valence-electron chi connectivity index (χ2n) is 5.94.